The first-order valence-electron chi connectivity index (χ1n) is 2.66. The van der Waals surface area contributed by atoms with Gasteiger partial charge in [0.15, 0.2) is 0 Å². The largest absolute Gasteiger partial charge is 0.392 e. The molecule has 0 unspecified atom stereocenters. The van der Waals surface area contributed by atoms with E-state index < -0.39 is 0 Å². The Kier molecular flexibility index (Phi) is 5.13. The van der Waals surface area contributed by atoms with Crippen LogP contribution in [0, 0.1) is 0 Å². The Labute approximate surface area is 55.0 Å². The van der Waals surface area contributed by atoms with Gasteiger partial charge in [-0.2, -0.15) is 0 Å². The Bertz CT molecular complexity index is 63.5. The first-order valence-corrected chi connectivity index (χ1v) is 3.19. The van der Waals surface area contributed by atoms with Crippen molar-refractivity contribution in [2.75, 3.05) is 5.88 Å². The van der Waals surface area contributed by atoms with E-state index in [1.165, 1.54) is 0 Å². The first kappa shape index (κ1) is 7.99. The zero-order valence-electron chi connectivity index (χ0n) is 4.81. The van der Waals surface area contributed by atoms with Gasteiger partial charge >= 0.3 is 0 Å². The minimum absolute atomic E-state index is 0.327. The minimum atomic E-state index is -0.352. The van der Waals surface area contributed by atoms with Crippen LogP contribution in [0.25, 0.3) is 0 Å². The van der Waals surface area contributed by atoms with Crippen LogP contribution in [0.3, 0.4) is 0 Å². The summed E-state index contributed by atoms with van der Waals surface area (Å²) >= 11 is 5.30. The Balaban J connectivity index is 2.97. The Morgan fingerprint density at radius 2 is 2.38 bits per heavy atom. The highest BCUT2D eigenvalue weighted by atomic mass is 35.5. The molecule has 0 aliphatic carbocycles. The monoisotopic (exact) mass is 134 g/mol. The molecule has 1 nitrogen and oxygen atoms in total. The maximum absolute atomic E-state index is 8.81. The summed E-state index contributed by atoms with van der Waals surface area (Å²) < 4.78 is 0. The fourth-order valence-corrected chi connectivity index (χ4v) is 0.542. The van der Waals surface area contributed by atoms with Gasteiger partial charge in [-0.25, -0.2) is 0 Å². The van der Waals surface area contributed by atoms with Gasteiger partial charge in [-0.1, -0.05) is 6.08 Å². The van der Waals surface area contributed by atoms with Crippen molar-refractivity contribution in [2.45, 2.75) is 18.9 Å². The van der Waals surface area contributed by atoms with E-state index in [-0.39, 0.29) is 6.10 Å². The van der Waals surface area contributed by atoms with Crippen molar-refractivity contribution < 1.29 is 5.11 Å². The zero-order chi connectivity index (χ0) is 6.41. The molecule has 48 valence electrons. The summed E-state index contributed by atoms with van der Waals surface area (Å²) in [7, 11) is 0. The Morgan fingerprint density at radius 3 is 2.75 bits per heavy atom. The molecule has 8 heavy (non-hydrogen) atoms. The van der Waals surface area contributed by atoms with Crippen LogP contribution in [-0.2, 0) is 0 Å². The maximum Gasteiger partial charge on any atom is 0.0678 e. The van der Waals surface area contributed by atoms with E-state index in [9.17, 15) is 0 Å². The number of halogens is 1. The van der Waals surface area contributed by atoms with Crippen LogP contribution in [0.2, 0.25) is 0 Å². The van der Waals surface area contributed by atoms with Gasteiger partial charge in [-0.05, 0) is 12.8 Å². The van der Waals surface area contributed by atoms with E-state index in [0.29, 0.717) is 5.88 Å². The molecule has 0 amide bonds. The quantitative estimate of drug-likeness (QED) is 0.457. The lowest BCUT2D eigenvalue weighted by Gasteiger charge is -2.01. The molecule has 0 aromatic rings. The normalized spacial score (nSPS) is 13.2. The van der Waals surface area contributed by atoms with Crippen LogP contribution in [0.5, 0.6) is 0 Å². The molecule has 1 N–H and O–H groups in total. The number of alkyl halides is 1. The van der Waals surface area contributed by atoms with Gasteiger partial charge < -0.3 is 5.11 Å². The van der Waals surface area contributed by atoms with Crippen molar-refractivity contribution in [3.8, 4) is 0 Å². The molecule has 0 saturated carbocycles. The Morgan fingerprint density at radius 1 is 1.75 bits per heavy atom. The fourth-order valence-electron chi connectivity index (χ4n) is 0.387. The molecule has 0 spiro atoms. The average molecular weight is 135 g/mol. The molecule has 0 radical (unpaired) electrons. The lowest BCUT2D eigenvalue weighted by atomic mass is 10.2. The van der Waals surface area contributed by atoms with Gasteiger partial charge in [-0.15, -0.1) is 18.2 Å². The zero-order valence-corrected chi connectivity index (χ0v) is 5.56. The molecule has 0 heterocycles. The number of allylic oxidation sites excluding steroid dienone is 1. The summed E-state index contributed by atoms with van der Waals surface area (Å²) in [5.74, 6) is 0.327. The molecule has 0 aromatic heterocycles. The molecule has 0 aliphatic heterocycles. The lowest BCUT2D eigenvalue weighted by Crippen LogP contribution is -2.06. The van der Waals surface area contributed by atoms with Crippen LogP contribution < -0.4 is 0 Å². The van der Waals surface area contributed by atoms with Crippen LogP contribution in [-0.4, -0.2) is 17.1 Å². The van der Waals surface area contributed by atoms with Gasteiger partial charge in [0.25, 0.3) is 0 Å². The summed E-state index contributed by atoms with van der Waals surface area (Å²) in [6, 6.07) is 0. The van der Waals surface area contributed by atoms with Crippen molar-refractivity contribution in [2.24, 2.45) is 0 Å². The summed E-state index contributed by atoms with van der Waals surface area (Å²) in [6.45, 7) is 3.51. The summed E-state index contributed by atoms with van der Waals surface area (Å²) in [6.07, 6.45) is 2.99. The molecule has 0 bridgehead atoms. The molecule has 0 fully saturated rings. The van der Waals surface area contributed by atoms with Crippen molar-refractivity contribution in [3.63, 3.8) is 0 Å². The van der Waals surface area contributed by atoms with E-state index in [0.717, 1.165) is 12.8 Å². The fraction of sp³-hybridized carbons (Fsp3) is 0.667. The second-order valence-corrected chi connectivity index (χ2v) is 1.98. The Hall–Kier alpha value is -0.0100. The van der Waals surface area contributed by atoms with E-state index in [1.807, 2.05) is 0 Å². The lowest BCUT2D eigenvalue weighted by molar-refractivity contribution is 0.189. The van der Waals surface area contributed by atoms with Crippen LogP contribution in [0.15, 0.2) is 12.7 Å². The standard InChI is InChI=1S/C6H11ClO/c1-2-3-4-6(8)5-7/h2,6,8H,1,3-5H2/t6-/m0/s1. The van der Waals surface area contributed by atoms with Crippen molar-refractivity contribution >= 4 is 11.6 Å². The smallest absolute Gasteiger partial charge is 0.0678 e. The van der Waals surface area contributed by atoms with Gasteiger partial charge in [0, 0.05) is 5.88 Å². The molecular formula is C6H11ClO. The summed E-state index contributed by atoms with van der Waals surface area (Å²) in [5.41, 5.74) is 0. The summed E-state index contributed by atoms with van der Waals surface area (Å²) in [4.78, 5) is 0. The van der Waals surface area contributed by atoms with Crippen LogP contribution in [0.1, 0.15) is 12.8 Å². The molecule has 0 aliphatic rings. The molecule has 0 aromatic carbocycles. The highest BCUT2D eigenvalue weighted by Crippen LogP contribution is 1.98. The van der Waals surface area contributed by atoms with Gasteiger partial charge in [-0.3, -0.25) is 0 Å². The average Bonchev–Trinajstić information content (AvgIpc) is 1.83. The van der Waals surface area contributed by atoms with Crippen LogP contribution >= 0.6 is 11.6 Å². The highest BCUT2D eigenvalue weighted by molar-refractivity contribution is 6.18. The minimum Gasteiger partial charge on any atom is -0.392 e. The van der Waals surface area contributed by atoms with Crippen molar-refractivity contribution in [1.29, 1.82) is 0 Å². The first-order chi connectivity index (χ1) is 3.81. The van der Waals surface area contributed by atoms with E-state index in [4.69, 9.17) is 16.7 Å². The van der Waals surface area contributed by atoms with Gasteiger partial charge in [0.05, 0.1) is 6.10 Å². The molecule has 0 saturated heterocycles. The number of hydrogen-bond donors (Lipinski definition) is 1. The predicted octanol–water partition coefficient (Wildman–Crippen LogP) is 1.55. The van der Waals surface area contributed by atoms with Crippen LogP contribution in [0.4, 0.5) is 0 Å². The predicted molar refractivity (Wildman–Crippen MR) is 36.2 cm³/mol. The van der Waals surface area contributed by atoms with E-state index in [1.54, 1.807) is 6.08 Å². The SMILES string of the molecule is C=CCC[C@H](O)CCl. The number of hydrogen-bond acceptors (Lipinski definition) is 1. The second kappa shape index (κ2) is 5.13. The van der Waals surface area contributed by atoms with Crippen molar-refractivity contribution in [1.82, 2.24) is 0 Å². The van der Waals surface area contributed by atoms with Gasteiger partial charge in [0.2, 0.25) is 0 Å². The molecule has 2 heteroatoms. The van der Waals surface area contributed by atoms with E-state index >= 15 is 0 Å². The van der Waals surface area contributed by atoms with E-state index in [2.05, 4.69) is 6.58 Å². The highest BCUT2D eigenvalue weighted by Gasteiger charge is 1.97. The molecular weight excluding hydrogens is 124 g/mol. The third-order valence-electron chi connectivity index (χ3n) is 0.882. The second-order valence-electron chi connectivity index (χ2n) is 1.67. The van der Waals surface area contributed by atoms with Crippen molar-refractivity contribution in [3.05, 3.63) is 12.7 Å². The number of aliphatic hydroxyl groups is 1. The third kappa shape index (κ3) is 4.16. The van der Waals surface area contributed by atoms with Gasteiger partial charge in [0.1, 0.15) is 0 Å². The molecule has 1 atom stereocenters. The third-order valence-corrected chi connectivity index (χ3v) is 1.24. The topological polar surface area (TPSA) is 20.2 Å². The molecule has 0 rings (SSSR count). The number of aliphatic hydroxyl groups excluding tert-OH is 1. The summed E-state index contributed by atoms with van der Waals surface area (Å²) in [5, 5.41) is 8.81. The number of rotatable bonds is 4. The maximum atomic E-state index is 8.81.